The van der Waals surface area contributed by atoms with Crippen LogP contribution in [0.5, 0.6) is 0 Å². The van der Waals surface area contributed by atoms with Crippen LogP contribution in [-0.4, -0.2) is 30.0 Å². The number of ether oxygens (including phenoxy) is 1. The lowest BCUT2D eigenvalue weighted by molar-refractivity contribution is -0.144. The topological polar surface area (TPSA) is 79.2 Å². The molecule has 0 spiro atoms. The number of amides is 1. The largest absolute Gasteiger partial charge is 0.455 e. The van der Waals surface area contributed by atoms with Crippen molar-refractivity contribution in [2.75, 3.05) is 23.4 Å². The predicted octanol–water partition coefficient (Wildman–Crippen LogP) is 4.23. The summed E-state index contributed by atoms with van der Waals surface area (Å²) in [6, 6.07) is 16.4. The average molecular weight is 407 g/mol. The Morgan fingerprint density at radius 1 is 1.08 bits per heavy atom. The van der Waals surface area contributed by atoms with E-state index in [1.165, 1.54) is 23.5 Å². The number of nitrogens with zero attached hydrogens (tertiary/aromatic N) is 1. The minimum Gasteiger partial charge on any atom is -0.455 e. The Hall–Kier alpha value is -2.14. The summed E-state index contributed by atoms with van der Waals surface area (Å²) in [6.07, 6.45) is 0. The number of halogens is 1. The van der Waals surface area contributed by atoms with Crippen molar-refractivity contribution in [2.24, 2.45) is 0 Å². The Bertz CT molecular complexity index is 824. The summed E-state index contributed by atoms with van der Waals surface area (Å²) in [4.78, 5) is 25.3. The van der Waals surface area contributed by atoms with Crippen molar-refractivity contribution in [1.29, 1.82) is 5.26 Å². The maximum Gasteiger partial charge on any atom is 0.316 e. The van der Waals surface area contributed by atoms with Gasteiger partial charge in [0.25, 0.3) is 5.91 Å². The number of esters is 1. The zero-order valence-electron chi connectivity index (χ0n) is 13.6. The van der Waals surface area contributed by atoms with Gasteiger partial charge in [0.2, 0.25) is 0 Å². The molecule has 26 heavy (non-hydrogen) atoms. The number of hydrogen-bond donors (Lipinski definition) is 1. The third kappa shape index (κ3) is 6.64. The maximum atomic E-state index is 12.0. The molecule has 0 heterocycles. The van der Waals surface area contributed by atoms with E-state index in [1.54, 1.807) is 18.2 Å². The molecule has 0 unspecified atom stereocenters. The van der Waals surface area contributed by atoms with Gasteiger partial charge in [0.15, 0.2) is 6.61 Å². The van der Waals surface area contributed by atoms with E-state index in [9.17, 15) is 9.59 Å². The molecule has 0 atom stereocenters. The number of benzene rings is 2. The molecule has 1 N–H and O–H groups in total. The number of rotatable bonds is 8. The molecule has 0 saturated heterocycles. The van der Waals surface area contributed by atoms with Gasteiger partial charge in [0.1, 0.15) is 0 Å². The molecule has 0 aliphatic rings. The smallest absolute Gasteiger partial charge is 0.316 e. The monoisotopic (exact) mass is 406 g/mol. The minimum absolute atomic E-state index is 0.0611. The highest BCUT2D eigenvalue weighted by Crippen LogP contribution is 2.27. The summed E-state index contributed by atoms with van der Waals surface area (Å²) in [5.41, 5.74) is 0.583. The van der Waals surface area contributed by atoms with Crippen molar-refractivity contribution >= 4 is 52.7 Å². The van der Waals surface area contributed by atoms with E-state index < -0.39 is 11.9 Å². The van der Waals surface area contributed by atoms with E-state index in [0.29, 0.717) is 10.7 Å². The lowest BCUT2D eigenvalue weighted by Gasteiger charge is -2.10. The minimum atomic E-state index is -0.503. The summed E-state index contributed by atoms with van der Waals surface area (Å²) in [5.74, 6) is -0.601. The quantitative estimate of drug-likeness (QED) is 0.522. The molecule has 0 fully saturated rings. The number of nitrogens with one attached hydrogen (secondary N) is 1. The van der Waals surface area contributed by atoms with Crippen molar-refractivity contribution in [3.63, 3.8) is 0 Å². The lowest BCUT2D eigenvalue weighted by Crippen LogP contribution is -2.21. The van der Waals surface area contributed by atoms with Crippen LogP contribution in [0, 0.1) is 11.3 Å². The number of hydrogen-bond acceptors (Lipinski definition) is 6. The maximum absolute atomic E-state index is 12.0. The molecule has 0 bridgehead atoms. The zero-order chi connectivity index (χ0) is 18.8. The van der Waals surface area contributed by atoms with Crippen molar-refractivity contribution in [3.05, 3.63) is 53.6 Å². The molecule has 2 aromatic rings. The third-order valence-electron chi connectivity index (χ3n) is 3.00. The first kappa shape index (κ1) is 20.2. The molecule has 0 aliphatic heterocycles. The highest BCUT2D eigenvalue weighted by molar-refractivity contribution is 8.00. The first-order valence-electron chi connectivity index (χ1n) is 7.51. The number of thioether (sulfide) groups is 2. The number of carbonyl (C=O) groups excluding carboxylic acids is 2. The fraction of sp³-hybridized carbons (Fsp3) is 0.167. The Balaban J connectivity index is 1.79. The Morgan fingerprint density at radius 3 is 2.50 bits per heavy atom. The van der Waals surface area contributed by atoms with Crippen LogP contribution in [0.4, 0.5) is 5.69 Å². The van der Waals surface area contributed by atoms with Crippen LogP contribution in [0.2, 0.25) is 5.02 Å². The van der Waals surface area contributed by atoms with E-state index in [1.807, 2.05) is 36.4 Å². The summed E-state index contributed by atoms with van der Waals surface area (Å²) in [6.45, 7) is -0.376. The van der Waals surface area contributed by atoms with Crippen LogP contribution in [0.1, 0.15) is 0 Å². The second-order valence-corrected chi connectivity index (χ2v) is 7.31. The van der Waals surface area contributed by atoms with E-state index in [2.05, 4.69) is 5.32 Å². The number of carbonyl (C=O) groups is 2. The van der Waals surface area contributed by atoms with Gasteiger partial charge in [-0.25, -0.2) is 0 Å². The highest BCUT2D eigenvalue weighted by Gasteiger charge is 2.11. The van der Waals surface area contributed by atoms with E-state index in [0.717, 1.165) is 9.79 Å². The SMILES string of the molecule is N#CCSc1ccccc1NC(=O)COC(=O)CSc1ccccc1Cl. The molecular weight excluding hydrogens is 392 g/mol. The van der Waals surface area contributed by atoms with Crippen LogP contribution in [0.3, 0.4) is 0 Å². The second kappa shape index (κ2) is 10.8. The average Bonchev–Trinajstić information content (AvgIpc) is 2.65. The Morgan fingerprint density at radius 2 is 1.77 bits per heavy atom. The van der Waals surface area contributed by atoms with Crippen LogP contribution in [0.25, 0.3) is 0 Å². The molecule has 0 saturated carbocycles. The first-order valence-corrected chi connectivity index (χ1v) is 9.86. The Kier molecular flexibility index (Phi) is 8.35. The molecular formula is C18H15ClN2O3S2. The van der Waals surface area contributed by atoms with Gasteiger partial charge in [-0.2, -0.15) is 5.26 Å². The summed E-state index contributed by atoms with van der Waals surface area (Å²) < 4.78 is 4.98. The van der Waals surface area contributed by atoms with Gasteiger partial charge >= 0.3 is 5.97 Å². The predicted molar refractivity (Wildman–Crippen MR) is 105 cm³/mol. The van der Waals surface area contributed by atoms with Crippen LogP contribution >= 0.6 is 35.1 Å². The zero-order valence-corrected chi connectivity index (χ0v) is 16.0. The van der Waals surface area contributed by atoms with Gasteiger partial charge in [0.05, 0.1) is 28.3 Å². The third-order valence-corrected chi connectivity index (χ3v) is 5.43. The van der Waals surface area contributed by atoms with E-state index in [4.69, 9.17) is 21.6 Å². The molecule has 5 nitrogen and oxygen atoms in total. The summed E-state index contributed by atoms with van der Waals surface area (Å²) in [5, 5.41) is 11.9. The standard InChI is InChI=1S/C18H15ClN2O3S2/c19-13-5-1-3-7-15(13)26-12-18(23)24-11-17(22)21-14-6-2-4-8-16(14)25-10-9-20/h1-8H,10-12H2,(H,21,22). The molecule has 134 valence electrons. The van der Waals surface area contributed by atoms with Gasteiger partial charge in [-0.3, -0.25) is 9.59 Å². The summed E-state index contributed by atoms with van der Waals surface area (Å²) in [7, 11) is 0. The lowest BCUT2D eigenvalue weighted by atomic mass is 10.3. The van der Waals surface area contributed by atoms with E-state index in [-0.39, 0.29) is 18.1 Å². The number of anilines is 1. The first-order chi connectivity index (χ1) is 12.6. The van der Waals surface area contributed by atoms with E-state index >= 15 is 0 Å². The highest BCUT2D eigenvalue weighted by atomic mass is 35.5. The summed E-state index contributed by atoms with van der Waals surface area (Å²) >= 11 is 8.59. The normalized spacial score (nSPS) is 10.0. The van der Waals surface area contributed by atoms with Crippen LogP contribution in [0.15, 0.2) is 58.3 Å². The van der Waals surface area contributed by atoms with Crippen molar-refractivity contribution in [3.8, 4) is 6.07 Å². The van der Waals surface area contributed by atoms with Gasteiger partial charge in [-0.1, -0.05) is 35.9 Å². The van der Waals surface area contributed by atoms with Crippen molar-refractivity contribution < 1.29 is 14.3 Å². The fourth-order valence-corrected chi connectivity index (χ4v) is 3.58. The van der Waals surface area contributed by atoms with Crippen LogP contribution < -0.4 is 5.32 Å². The van der Waals surface area contributed by atoms with Gasteiger partial charge in [-0.15, -0.1) is 23.5 Å². The molecule has 0 radical (unpaired) electrons. The van der Waals surface area contributed by atoms with Crippen molar-refractivity contribution in [2.45, 2.75) is 9.79 Å². The second-order valence-electron chi connectivity index (χ2n) is 4.87. The molecule has 1 amide bonds. The number of nitriles is 1. The van der Waals surface area contributed by atoms with Crippen molar-refractivity contribution in [1.82, 2.24) is 0 Å². The molecule has 2 aromatic carbocycles. The number of para-hydroxylation sites is 1. The van der Waals surface area contributed by atoms with Crippen LogP contribution in [-0.2, 0) is 14.3 Å². The molecule has 2 rings (SSSR count). The molecule has 0 aliphatic carbocycles. The molecule has 8 heteroatoms. The van der Waals surface area contributed by atoms with Gasteiger partial charge in [-0.05, 0) is 24.3 Å². The molecule has 0 aromatic heterocycles. The van der Waals surface area contributed by atoms with Gasteiger partial charge in [0, 0.05) is 9.79 Å². The van der Waals surface area contributed by atoms with Gasteiger partial charge < -0.3 is 10.1 Å². The fourth-order valence-electron chi connectivity index (χ4n) is 1.88. The Labute approximate surface area is 165 Å².